The third-order valence-corrected chi connectivity index (χ3v) is 5.68. The second kappa shape index (κ2) is 9.19. The minimum absolute atomic E-state index is 0.344. The van der Waals surface area contributed by atoms with Crippen LogP contribution in [0.5, 0.6) is 0 Å². The maximum atomic E-state index is 4.93. The van der Waals surface area contributed by atoms with Crippen molar-refractivity contribution in [2.24, 2.45) is 4.99 Å². The molecule has 0 aliphatic carbocycles. The number of hydrogen-bond donors (Lipinski definition) is 2. The molecular formula is C21H31N7. The van der Waals surface area contributed by atoms with Gasteiger partial charge in [-0.1, -0.05) is 30.3 Å². The fourth-order valence-corrected chi connectivity index (χ4v) is 4.19. The zero-order valence-electron chi connectivity index (χ0n) is 16.7. The number of nitrogens with one attached hydrogen (secondary N) is 2. The molecule has 1 fully saturated rings. The minimum atomic E-state index is 0.344. The van der Waals surface area contributed by atoms with Gasteiger partial charge in [0.15, 0.2) is 5.96 Å². The van der Waals surface area contributed by atoms with Gasteiger partial charge >= 0.3 is 0 Å². The van der Waals surface area contributed by atoms with Crippen molar-refractivity contribution < 1.29 is 0 Å². The number of aliphatic imine (C=N–C) groups is 1. The molecule has 2 N–H and O–H groups in total. The van der Waals surface area contributed by atoms with Gasteiger partial charge < -0.3 is 10.6 Å². The molecule has 28 heavy (non-hydrogen) atoms. The molecule has 0 saturated carbocycles. The van der Waals surface area contributed by atoms with Gasteiger partial charge in [-0.15, -0.1) is 0 Å². The van der Waals surface area contributed by atoms with Crippen LogP contribution >= 0.6 is 0 Å². The van der Waals surface area contributed by atoms with Crippen LogP contribution in [0.1, 0.15) is 37.6 Å². The number of rotatable bonds is 6. The Morgan fingerprint density at radius 3 is 3.00 bits per heavy atom. The van der Waals surface area contributed by atoms with Gasteiger partial charge in [-0.05, 0) is 38.3 Å². The summed E-state index contributed by atoms with van der Waals surface area (Å²) in [5, 5.41) is 11.3. The predicted molar refractivity (Wildman–Crippen MR) is 111 cm³/mol. The zero-order chi connectivity index (χ0) is 19.2. The maximum Gasteiger partial charge on any atom is 0.191 e. The summed E-state index contributed by atoms with van der Waals surface area (Å²) in [6.07, 6.45) is 6.16. The molecule has 7 heteroatoms. The van der Waals surface area contributed by atoms with Crippen LogP contribution in [0.25, 0.3) is 0 Å². The third kappa shape index (κ3) is 4.70. The van der Waals surface area contributed by atoms with E-state index >= 15 is 0 Å². The molecule has 0 amide bonds. The lowest BCUT2D eigenvalue weighted by Gasteiger charge is -2.26. The van der Waals surface area contributed by atoms with Crippen molar-refractivity contribution in [1.82, 2.24) is 30.3 Å². The van der Waals surface area contributed by atoms with Crippen LogP contribution in [0, 0.1) is 0 Å². The highest BCUT2D eigenvalue weighted by Crippen LogP contribution is 2.20. The van der Waals surface area contributed by atoms with Gasteiger partial charge in [-0.2, -0.15) is 5.10 Å². The molecule has 1 aromatic heterocycles. The van der Waals surface area contributed by atoms with E-state index in [4.69, 9.17) is 4.99 Å². The van der Waals surface area contributed by atoms with Crippen molar-refractivity contribution in [3.63, 3.8) is 0 Å². The summed E-state index contributed by atoms with van der Waals surface area (Å²) in [7, 11) is 0. The van der Waals surface area contributed by atoms with Gasteiger partial charge in [0, 0.05) is 31.6 Å². The van der Waals surface area contributed by atoms with Crippen LogP contribution in [0.4, 0.5) is 0 Å². The number of fused-ring (bicyclic) bond motifs is 1. The van der Waals surface area contributed by atoms with Crippen LogP contribution in [-0.4, -0.2) is 57.3 Å². The van der Waals surface area contributed by atoms with Crippen molar-refractivity contribution >= 4 is 5.96 Å². The van der Waals surface area contributed by atoms with Crippen molar-refractivity contribution in [2.45, 2.75) is 57.8 Å². The number of guanidine groups is 1. The quantitative estimate of drug-likeness (QED) is 0.590. The molecule has 2 aliphatic heterocycles. The van der Waals surface area contributed by atoms with E-state index in [1.807, 2.05) is 4.68 Å². The van der Waals surface area contributed by atoms with E-state index < -0.39 is 0 Å². The summed E-state index contributed by atoms with van der Waals surface area (Å²) in [6, 6.07) is 11.6. The van der Waals surface area contributed by atoms with Crippen LogP contribution < -0.4 is 10.6 Å². The Labute approximate surface area is 167 Å². The first kappa shape index (κ1) is 18.9. The van der Waals surface area contributed by atoms with E-state index in [0.29, 0.717) is 12.1 Å². The monoisotopic (exact) mass is 381 g/mol. The smallest absolute Gasteiger partial charge is 0.191 e. The molecule has 2 aliphatic rings. The van der Waals surface area contributed by atoms with E-state index in [9.17, 15) is 0 Å². The Morgan fingerprint density at radius 2 is 2.14 bits per heavy atom. The summed E-state index contributed by atoms with van der Waals surface area (Å²) in [4.78, 5) is 11.8. The zero-order valence-corrected chi connectivity index (χ0v) is 16.7. The number of hydrogen-bond acceptors (Lipinski definition) is 4. The lowest BCUT2D eigenvalue weighted by molar-refractivity contribution is 0.250. The SMILES string of the molecule is CCNC(=NCC1CCCN1Cc1ccccc1)NC1CCc2ncnn2C1. The Morgan fingerprint density at radius 1 is 1.25 bits per heavy atom. The van der Waals surface area contributed by atoms with Crippen LogP contribution in [0.3, 0.4) is 0 Å². The predicted octanol–water partition coefficient (Wildman–Crippen LogP) is 1.81. The Kier molecular flexibility index (Phi) is 6.21. The maximum absolute atomic E-state index is 4.93. The molecule has 2 aromatic rings. The van der Waals surface area contributed by atoms with Crippen molar-refractivity contribution in [3.8, 4) is 0 Å². The average Bonchev–Trinajstić information content (AvgIpc) is 3.36. The summed E-state index contributed by atoms with van der Waals surface area (Å²) < 4.78 is 2.00. The molecule has 0 radical (unpaired) electrons. The van der Waals surface area contributed by atoms with E-state index in [1.54, 1.807) is 6.33 Å². The molecule has 3 heterocycles. The minimum Gasteiger partial charge on any atom is -0.357 e. The van der Waals surface area contributed by atoms with Gasteiger partial charge in [0.2, 0.25) is 0 Å². The third-order valence-electron chi connectivity index (χ3n) is 5.68. The largest absolute Gasteiger partial charge is 0.357 e. The molecule has 7 nitrogen and oxygen atoms in total. The van der Waals surface area contributed by atoms with Crippen molar-refractivity contribution in [3.05, 3.63) is 48.0 Å². The van der Waals surface area contributed by atoms with Crippen molar-refractivity contribution in [2.75, 3.05) is 19.6 Å². The molecule has 0 spiro atoms. The molecule has 4 rings (SSSR count). The Balaban J connectivity index is 1.35. The highest BCUT2D eigenvalue weighted by atomic mass is 15.4. The molecule has 1 aromatic carbocycles. The Hall–Kier alpha value is -2.41. The Bertz CT molecular complexity index is 770. The van der Waals surface area contributed by atoms with Crippen LogP contribution in [0.15, 0.2) is 41.7 Å². The first-order valence-electron chi connectivity index (χ1n) is 10.5. The average molecular weight is 382 g/mol. The van der Waals surface area contributed by atoms with E-state index in [-0.39, 0.29) is 0 Å². The highest BCUT2D eigenvalue weighted by molar-refractivity contribution is 5.80. The number of benzene rings is 1. The lowest BCUT2D eigenvalue weighted by Crippen LogP contribution is -2.47. The molecule has 2 unspecified atom stereocenters. The standard InChI is InChI=1S/C21H31N7/c1-2-22-21(26-18-10-11-20-24-16-25-28(20)15-18)23-13-19-9-6-12-27(19)14-17-7-4-3-5-8-17/h3-5,7-8,16,18-19H,2,6,9-15H2,1H3,(H2,22,23,26). The van der Waals surface area contributed by atoms with Gasteiger partial charge in [0.1, 0.15) is 12.2 Å². The van der Waals surface area contributed by atoms with Crippen molar-refractivity contribution in [1.29, 1.82) is 0 Å². The molecule has 2 atom stereocenters. The second-order valence-corrected chi connectivity index (χ2v) is 7.71. The topological polar surface area (TPSA) is 70.4 Å². The number of aryl methyl sites for hydroxylation is 1. The van der Waals surface area contributed by atoms with E-state index in [2.05, 4.69) is 62.9 Å². The summed E-state index contributed by atoms with van der Waals surface area (Å²) in [5.41, 5.74) is 1.38. The molecular weight excluding hydrogens is 350 g/mol. The molecule has 1 saturated heterocycles. The van der Waals surface area contributed by atoms with Gasteiger partial charge in [-0.3, -0.25) is 9.89 Å². The highest BCUT2D eigenvalue weighted by Gasteiger charge is 2.25. The van der Waals surface area contributed by atoms with Crippen LogP contribution in [-0.2, 0) is 19.5 Å². The van der Waals surface area contributed by atoms with Gasteiger partial charge in [0.05, 0.1) is 13.1 Å². The summed E-state index contributed by atoms with van der Waals surface area (Å²) in [5.74, 6) is 2.00. The fourth-order valence-electron chi connectivity index (χ4n) is 4.19. The number of likely N-dealkylation sites (tertiary alicyclic amines) is 1. The summed E-state index contributed by atoms with van der Waals surface area (Å²) in [6.45, 7) is 6.85. The lowest BCUT2D eigenvalue weighted by atomic mass is 10.1. The molecule has 150 valence electrons. The van der Waals surface area contributed by atoms with E-state index in [0.717, 1.165) is 57.3 Å². The summed E-state index contributed by atoms with van der Waals surface area (Å²) >= 11 is 0. The normalized spacial score (nSPS) is 22.8. The van der Waals surface area contributed by atoms with Crippen LogP contribution in [0.2, 0.25) is 0 Å². The van der Waals surface area contributed by atoms with E-state index in [1.165, 1.54) is 18.4 Å². The number of nitrogens with zero attached hydrogens (tertiary/aromatic N) is 5. The van der Waals surface area contributed by atoms with Gasteiger partial charge in [0.25, 0.3) is 0 Å². The fraction of sp³-hybridized carbons (Fsp3) is 0.571. The molecule has 0 bridgehead atoms. The second-order valence-electron chi connectivity index (χ2n) is 7.71. The first-order chi connectivity index (χ1) is 13.8. The van der Waals surface area contributed by atoms with Gasteiger partial charge in [-0.25, -0.2) is 9.67 Å². The first-order valence-corrected chi connectivity index (χ1v) is 10.5. The number of aromatic nitrogens is 3.